The van der Waals surface area contributed by atoms with E-state index in [1.165, 1.54) is 30.3 Å². The monoisotopic (exact) mass is 466 g/mol. The van der Waals surface area contributed by atoms with Crippen LogP contribution >= 0.6 is 0 Å². The molecular weight excluding hydrogens is 459 g/mol. The highest BCUT2D eigenvalue weighted by Gasteiger charge is 2.91. The number of hydrogen-bond acceptors (Lipinski definition) is 2. The van der Waals surface area contributed by atoms with E-state index in [0.717, 1.165) is 0 Å². The second-order valence-electron chi connectivity index (χ2n) is 5.48. The third-order valence-electron chi connectivity index (χ3n) is 3.40. The molecular formula is C14H7F13N2O. The van der Waals surface area contributed by atoms with E-state index in [9.17, 15) is 61.9 Å². The molecule has 0 heterocycles. The number of rotatable bonds is 7. The first-order chi connectivity index (χ1) is 13.2. The van der Waals surface area contributed by atoms with Gasteiger partial charge in [-0.05, 0) is 5.56 Å². The van der Waals surface area contributed by atoms with Gasteiger partial charge in [0.25, 0.3) is 0 Å². The Bertz CT molecular complexity index is 787. The molecule has 0 saturated carbocycles. The third kappa shape index (κ3) is 3.90. The molecule has 0 aliphatic rings. The van der Waals surface area contributed by atoms with Gasteiger partial charge in [0.05, 0.1) is 6.21 Å². The van der Waals surface area contributed by atoms with E-state index in [4.69, 9.17) is 0 Å². The van der Waals surface area contributed by atoms with Crippen molar-refractivity contribution in [3.05, 3.63) is 35.9 Å². The van der Waals surface area contributed by atoms with Crippen LogP contribution in [0.3, 0.4) is 0 Å². The maximum atomic E-state index is 13.5. The minimum atomic E-state index is -8.07. The van der Waals surface area contributed by atoms with Crippen molar-refractivity contribution in [3.63, 3.8) is 0 Å². The number of halogens is 13. The SMILES string of the molecule is O=C(N/N=C\c1ccccc1)C(F)(F)C(F)(F)C(F)(F)C(F)(F)C(F)(F)C(F)(F)F. The lowest BCUT2D eigenvalue weighted by Crippen LogP contribution is -2.71. The molecule has 0 spiro atoms. The largest absolute Gasteiger partial charge is 0.460 e. The molecule has 1 aromatic rings. The van der Waals surface area contributed by atoms with Gasteiger partial charge in [0.2, 0.25) is 0 Å². The Hall–Kier alpha value is -2.55. The highest BCUT2D eigenvalue weighted by atomic mass is 19.4. The van der Waals surface area contributed by atoms with Gasteiger partial charge >= 0.3 is 41.7 Å². The molecule has 0 atom stereocenters. The molecule has 0 aliphatic heterocycles. The fraction of sp³-hybridized carbons (Fsp3) is 0.429. The first kappa shape index (κ1) is 25.5. The number of hydrogen-bond donors (Lipinski definition) is 1. The summed E-state index contributed by atoms with van der Waals surface area (Å²) in [5, 5.41) is 2.66. The van der Waals surface area contributed by atoms with Crippen LogP contribution in [0.4, 0.5) is 57.1 Å². The number of carbonyl (C=O) groups is 1. The lowest BCUT2D eigenvalue weighted by molar-refractivity contribution is -0.436. The van der Waals surface area contributed by atoms with Gasteiger partial charge in [-0.1, -0.05) is 30.3 Å². The van der Waals surface area contributed by atoms with E-state index in [1.54, 1.807) is 0 Å². The average molecular weight is 466 g/mol. The fourth-order valence-electron chi connectivity index (χ4n) is 1.69. The first-order valence-electron chi connectivity index (χ1n) is 7.09. The molecule has 0 aromatic heterocycles. The Morgan fingerprint density at radius 1 is 0.700 bits per heavy atom. The number of benzene rings is 1. The van der Waals surface area contributed by atoms with Crippen molar-refractivity contribution in [2.75, 3.05) is 0 Å². The van der Waals surface area contributed by atoms with Crippen LogP contribution in [0.15, 0.2) is 35.4 Å². The molecule has 0 saturated heterocycles. The molecule has 0 bridgehead atoms. The van der Waals surface area contributed by atoms with Gasteiger partial charge in [0.1, 0.15) is 0 Å². The highest BCUT2D eigenvalue weighted by molar-refractivity contribution is 5.87. The van der Waals surface area contributed by atoms with Crippen LogP contribution in [0.2, 0.25) is 0 Å². The lowest BCUT2D eigenvalue weighted by atomic mass is 9.93. The van der Waals surface area contributed by atoms with Crippen molar-refractivity contribution in [3.8, 4) is 0 Å². The predicted octanol–water partition coefficient (Wildman–Crippen LogP) is 4.88. The molecule has 1 amide bonds. The topological polar surface area (TPSA) is 41.5 Å². The zero-order valence-corrected chi connectivity index (χ0v) is 13.7. The minimum absolute atomic E-state index is 0.0366. The van der Waals surface area contributed by atoms with Crippen LogP contribution in [0.5, 0.6) is 0 Å². The molecule has 0 fully saturated rings. The molecule has 1 rings (SSSR count). The maximum absolute atomic E-state index is 13.5. The Labute approximate surface area is 157 Å². The van der Waals surface area contributed by atoms with Crippen LogP contribution in [0.1, 0.15) is 5.56 Å². The van der Waals surface area contributed by atoms with Crippen LogP contribution in [0, 0.1) is 0 Å². The number of carbonyl (C=O) groups excluding carboxylic acids is 1. The van der Waals surface area contributed by atoms with Crippen molar-refractivity contribution < 1.29 is 61.9 Å². The van der Waals surface area contributed by atoms with Gasteiger partial charge in [0.15, 0.2) is 0 Å². The Balaban J connectivity index is 3.24. The normalized spacial score (nSPS) is 14.8. The van der Waals surface area contributed by atoms with Crippen molar-refractivity contribution in [2.24, 2.45) is 5.10 Å². The Kier molecular flexibility index (Phi) is 6.46. The summed E-state index contributed by atoms with van der Waals surface area (Å²) in [5.74, 6) is -42.0. The summed E-state index contributed by atoms with van der Waals surface area (Å²) >= 11 is 0. The molecule has 0 unspecified atom stereocenters. The quantitative estimate of drug-likeness (QED) is 0.348. The summed E-state index contributed by atoms with van der Waals surface area (Å²) in [6.45, 7) is 0. The molecule has 0 radical (unpaired) electrons. The summed E-state index contributed by atoms with van der Waals surface area (Å²) in [7, 11) is 0. The van der Waals surface area contributed by atoms with E-state index in [2.05, 4.69) is 5.10 Å². The van der Waals surface area contributed by atoms with Gasteiger partial charge in [-0.3, -0.25) is 4.79 Å². The summed E-state index contributed by atoms with van der Waals surface area (Å²) in [4.78, 5) is 11.1. The van der Waals surface area contributed by atoms with Crippen LogP contribution in [-0.2, 0) is 4.79 Å². The summed E-state index contributed by atoms with van der Waals surface area (Å²) in [5.41, 5.74) is 0.619. The van der Waals surface area contributed by atoms with Crippen molar-refractivity contribution in [2.45, 2.75) is 35.8 Å². The number of alkyl halides is 13. The number of hydrazone groups is 1. The molecule has 0 aliphatic carbocycles. The van der Waals surface area contributed by atoms with E-state index < -0.39 is 41.7 Å². The lowest BCUT2D eigenvalue weighted by Gasteiger charge is -2.38. The van der Waals surface area contributed by atoms with Crippen LogP contribution in [0.25, 0.3) is 0 Å². The molecule has 3 nitrogen and oxygen atoms in total. The van der Waals surface area contributed by atoms with E-state index in [-0.39, 0.29) is 5.56 Å². The molecule has 30 heavy (non-hydrogen) atoms. The van der Waals surface area contributed by atoms with Gasteiger partial charge in [-0.15, -0.1) is 0 Å². The average Bonchev–Trinajstić information content (AvgIpc) is 2.60. The molecule has 1 N–H and O–H groups in total. The Morgan fingerprint density at radius 3 is 1.57 bits per heavy atom. The van der Waals surface area contributed by atoms with Gasteiger partial charge in [-0.2, -0.15) is 62.2 Å². The highest BCUT2D eigenvalue weighted by Crippen LogP contribution is 2.60. The summed E-state index contributed by atoms with van der Waals surface area (Å²) < 4.78 is 167. The summed E-state index contributed by atoms with van der Waals surface area (Å²) in [6, 6.07) is 6.57. The number of nitrogens with one attached hydrogen (secondary N) is 1. The molecule has 170 valence electrons. The van der Waals surface area contributed by atoms with E-state index >= 15 is 0 Å². The number of amides is 1. The van der Waals surface area contributed by atoms with E-state index in [0.29, 0.717) is 11.6 Å². The second kappa shape index (κ2) is 7.61. The zero-order valence-electron chi connectivity index (χ0n) is 13.7. The van der Waals surface area contributed by atoms with Crippen LogP contribution < -0.4 is 5.43 Å². The Morgan fingerprint density at radius 2 is 1.13 bits per heavy atom. The maximum Gasteiger partial charge on any atom is 0.460 e. The standard InChI is InChI=1S/C14H7F13N2O/c15-9(16,8(30)29-28-6-7-4-2-1-3-5-7)10(17,18)11(19,20)12(21,22)13(23,24)14(25,26)27/h1-6H,(H,29,30)/b28-6-. The van der Waals surface area contributed by atoms with E-state index in [1.807, 2.05) is 0 Å². The zero-order chi connectivity index (χ0) is 23.8. The predicted molar refractivity (Wildman–Crippen MR) is 73.0 cm³/mol. The first-order valence-corrected chi connectivity index (χ1v) is 7.09. The van der Waals surface area contributed by atoms with Crippen molar-refractivity contribution in [1.29, 1.82) is 0 Å². The second-order valence-corrected chi connectivity index (χ2v) is 5.48. The summed E-state index contributed by atoms with van der Waals surface area (Å²) in [6.07, 6.45) is -7.01. The van der Waals surface area contributed by atoms with Gasteiger partial charge in [-0.25, -0.2) is 5.43 Å². The van der Waals surface area contributed by atoms with Crippen molar-refractivity contribution >= 4 is 12.1 Å². The number of nitrogens with zero attached hydrogens (tertiary/aromatic N) is 1. The molecule has 16 heteroatoms. The van der Waals surface area contributed by atoms with Gasteiger partial charge in [0, 0.05) is 0 Å². The fourth-order valence-corrected chi connectivity index (χ4v) is 1.69. The smallest absolute Gasteiger partial charge is 0.266 e. The van der Waals surface area contributed by atoms with Crippen LogP contribution in [-0.4, -0.2) is 47.9 Å². The third-order valence-corrected chi connectivity index (χ3v) is 3.40. The van der Waals surface area contributed by atoms with Gasteiger partial charge < -0.3 is 0 Å². The minimum Gasteiger partial charge on any atom is -0.266 e. The molecule has 1 aromatic carbocycles. The van der Waals surface area contributed by atoms with Crippen molar-refractivity contribution in [1.82, 2.24) is 5.43 Å².